The number of anilines is 2. The van der Waals surface area contributed by atoms with Gasteiger partial charge in [0.25, 0.3) is 10.0 Å². The van der Waals surface area contributed by atoms with Gasteiger partial charge in [0, 0.05) is 28.9 Å². The van der Waals surface area contributed by atoms with E-state index in [0.29, 0.717) is 16.5 Å². The number of thioether (sulfide) groups is 1. The summed E-state index contributed by atoms with van der Waals surface area (Å²) in [5, 5.41) is 3.41. The lowest BCUT2D eigenvalue weighted by atomic mass is 10.2. The van der Waals surface area contributed by atoms with Crippen molar-refractivity contribution in [2.45, 2.75) is 10.6 Å². The number of hydrogen-bond acceptors (Lipinski definition) is 6. The second-order valence-corrected chi connectivity index (χ2v) is 8.98. The number of amides is 1. The third-order valence-corrected chi connectivity index (χ3v) is 6.21. The van der Waals surface area contributed by atoms with Crippen LogP contribution >= 0.6 is 23.4 Å². The predicted octanol–water partition coefficient (Wildman–Crippen LogP) is 3.80. The molecule has 3 rings (SSSR count). The molecule has 0 saturated carbocycles. The zero-order chi connectivity index (χ0) is 20.7. The summed E-state index contributed by atoms with van der Waals surface area (Å²) < 4.78 is 27.0. The van der Waals surface area contributed by atoms with E-state index < -0.39 is 10.0 Å². The summed E-state index contributed by atoms with van der Waals surface area (Å²) >= 11 is 7.40. The van der Waals surface area contributed by atoms with Crippen molar-refractivity contribution in [3.63, 3.8) is 0 Å². The van der Waals surface area contributed by atoms with Crippen molar-refractivity contribution in [1.82, 2.24) is 9.97 Å². The number of benzene rings is 2. The molecule has 0 aliphatic heterocycles. The molecular formula is C19H17ClN4O3S2. The standard InChI is InChI=1S/C19H17ClN4O3S2/c20-15-4-1-3-14(11-15)12-28-13-18(25)23-16-5-7-17(8-6-16)29(26,27)24-19-21-9-2-10-22-19/h1-11H,12-13H2,(H,23,25)(H,21,22,24). The number of hydrogen-bond donors (Lipinski definition) is 2. The van der Waals surface area contributed by atoms with E-state index in [0.717, 1.165) is 5.56 Å². The number of rotatable bonds is 8. The summed E-state index contributed by atoms with van der Waals surface area (Å²) in [4.78, 5) is 19.8. The minimum Gasteiger partial charge on any atom is -0.325 e. The Labute approximate surface area is 178 Å². The van der Waals surface area contributed by atoms with Crippen LogP contribution in [-0.4, -0.2) is 30.0 Å². The van der Waals surface area contributed by atoms with Crippen molar-refractivity contribution >= 4 is 50.9 Å². The van der Waals surface area contributed by atoms with E-state index in [-0.39, 0.29) is 22.5 Å². The molecule has 7 nitrogen and oxygen atoms in total. The molecular weight excluding hydrogens is 432 g/mol. The summed E-state index contributed by atoms with van der Waals surface area (Å²) in [6.45, 7) is 0. The van der Waals surface area contributed by atoms with Crippen LogP contribution in [0.5, 0.6) is 0 Å². The summed E-state index contributed by atoms with van der Waals surface area (Å²) in [6, 6.07) is 14.9. The first-order valence-corrected chi connectivity index (χ1v) is 11.5. The first-order valence-electron chi connectivity index (χ1n) is 8.44. The zero-order valence-corrected chi connectivity index (χ0v) is 17.5. The van der Waals surface area contributed by atoms with E-state index in [4.69, 9.17) is 11.6 Å². The van der Waals surface area contributed by atoms with Crippen molar-refractivity contribution in [2.75, 3.05) is 15.8 Å². The molecule has 1 aromatic heterocycles. The number of carbonyl (C=O) groups excluding carboxylic acids is 1. The minimum atomic E-state index is -3.81. The topological polar surface area (TPSA) is 101 Å². The Hall–Kier alpha value is -2.62. The lowest BCUT2D eigenvalue weighted by Gasteiger charge is -2.08. The third kappa shape index (κ3) is 6.45. The van der Waals surface area contributed by atoms with Crippen LogP contribution in [0.3, 0.4) is 0 Å². The number of halogens is 1. The second kappa shape index (κ2) is 9.73. The molecule has 0 atom stereocenters. The Morgan fingerprint density at radius 3 is 2.45 bits per heavy atom. The molecule has 1 amide bonds. The van der Waals surface area contributed by atoms with Crippen LogP contribution in [0.25, 0.3) is 0 Å². The molecule has 0 bridgehead atoms. The third-order valence-electron chi connectivity index (χ3n) is 3.63. The second-order valence-electron chi connectivity index (χ2n) is 5.87. The molecule has 29 heavy (non-hydrogen) atoms. The van der Waals surface area contributed by atoms with Crippen molar-refractivity contribution in [2.24, 2.45) is 0 Å². The van der Waals surface area contributed by atoms with Gasteiger partial charge in [-0.25, -0.2) is 23.1 Å². The first kappa shape index (κ1) is 21.1. The van der Waals surface area contributed by atoms with Crippen LogP contribution in [0.1, 0.15) is 5.56 Å². The van der Waals surface area contributed by atoms with Gasteiger partial charge in [-0.3, -0.25) is 4.79 Å². The number of sulfonamides is 1. The molecule has 2 N–H and O–H groups in total. The highest BCUT2D eigenvalue weighted by atomic mass is 35.5. The van der Waals surface area contributed by atoms with E-state index in [1.807, 2.05) is 18.2 Å². The van der Waals surface area contributed by atoms with Crippen LogP contribution in [-0.2, 0) is 20.6 Å². The molecule has 3 aromatic rings. The fourth-order valence-corrected chi connectivity index (χ4v) is 4.28. The van der Waals surface area contributed by atoms with Crippen molar-refractivity contribution in [1.29, 1.82) is 0 Å². The normalized spacial score (nSPS) is 11.1. The van der Waals surface area contributed by atoms with Gasteiger partial charge in [0.1, 0.15) is 0 Å². The molecule has 0 spiro atoms. The Kier molecular flexibility index (Phi) is 7.08. The average molecular weight is 449 g/mol. The SMILES string of the molecule is O=C(CSCc1cccc(Cl)c1)Nc1ccc(S(=O)(=O)Nc2ncccn2)cc1. The quantitative estimate of drug-likeness (QED) is 0.543. The molecule has 10 heteroatoms. The van der Waals surface area contributed by atoms with Gasteiger partial charge >= 0.3 is 0 Å². The van der Waals surface area contributed by atoms with Crippen molar-refractivity contribution < 1.29 is 13.2 Å². The Morgan fingerprint density at radius 1 is 1.03 bits per heavy atom. The van der Waals surface area contributed by atoms with E-state index in [1.54, 1.807) is 12.1 Å². The van der Waals surface area contributed by atoms with Crippen LogP contribution in [0.4, 0.5) is 11.6 Å². The highest BCUT2D eigenvalue weighted by molar-refractivity contribution is 7.99. The molecule has 0 aliphatic rings. The number of carbonyl (C=O) groups is 1. The monoisotopic (exact) mass is 448 g/mol. The fourth-order valence-electron chi connectivity index (χ4n) is 2.33. The summed E-state index contributed by atoms with van der Waals surface area (Å²) in [5.74, 6) is 0.739. The van der Waals surface area contributed by atoms with E-state index in [9.17, 15) is 13.2 Å². The van der Waals surface area contributed by atoms with E-state index in [1.165, 1.54) is 48.4 Å². The molecule has 2 aromatic carbocycles. The number of nitrogens with zero attached hydrogens (tertiary/aromatic N) is 2. The van der Waals surface area contributed by atoms with Gasteiger partial charge in [-0.2, -0.15) is 0 Å². The summed E-state index contributed by atoms with van der Waals surface area (Å²) in [5.41, 5.74) is 1.55. The van der Waals surface area contributed by atoms with Gasteiger partial charge in [-0.05, 0) is 48.0 Å². The number of nitrogens with one attached hydrogen (secondary N) is 2. The van der Waals surface area contributed by atoms with Gasteiger partial charge in [-0.15, -0.1) is 11.8 Å². The molecule has 0 saturated heterocycles. The maximum absolute atomic E-state index is 12.3. The van der Waals surface area contributed by atoms with Crippen molar-refractivity contribution in [3.05, 3.63) is 77.6 Å². The Balaban J connectivity index is 1.52. The molecule has 1 heterocycles. The predicted molar refractivity (Wildman–Crippen MR) is 116 cm³/mol. The van der Waals surface area contributed by atoms with Crippen LogP contribution in [0.2, 0.25) is 5.02 Å². The molecule has 0 radical (unpaired) electrons. The minimum absolute atomic E-state index is 0.0124. The smallest absolute Gasteiger partial charge is 0.264 e. The van der Waals surface area contributed by atoms with E-state index in [2.05, 4.69) is 20.0 Å². The van der Waals surface area contributed by atoms with Crippen molar-refractivity contribution in [3.8, 4) is 0 Å². The number of aromatic nitrogens is 2. The van der Waals surface area contributed by atoms with Crippen LogP contribution in [0.15, 0.2) is 71.9 Å². The largest absolute Gasteiger partial charge is 0.325 e. The van der Waals surface area contributed by atoms with Gasteiger partial charge in [0.05, 0.1) is 10.6 Å². The maximum atomic E-state index is 12.3. The Bertz CT molecular complexity index is 1080. The Morgan fingerprint density at radius 2 is 1.76 bits per heavy atom. The highest BCUT2D eigenvalue weighted by Gasteiger charge is 2.15. The highest BCUT2D eigenvalue weighted by Crippen LogP contribution is 2.18. The molecule has 0 unspecified atom stereocenters. The zero-order valence-electron chi connectivity index (χ0n) is 15.1. The van der Waals surface area contributed by atoms with Crippen LogP contribution < -0.4 is 10.0 Å². The summed E-state index contributed by atoms with van der Waals surface area (Å²) in [7, 11) is -3.81. The summed E-state index contributed by atoms with van der Waals surface area (Å²) in [6.07, 6.45) is 2.88. The van der Waals surface area contributed by atoms with Gasteiger partial charge < -0.3 is 5.32 Å². The van der Waals surface area contributed by atoms with E-state index >= 15 is 0 Å². The molecule has 0 fully saturated rings. The van der Waals surface area contributed by atoms with Gasteiger partial charge in [0.2, 0.25) is 11.9 Å². The van der Waals surface area contributed by atoms with Gasteiger partial charge in [-0.1, -0.05) is 23.7 Å². The van der Waals surface area contributed by atoms with Gasteiger partial charge in [0.15, 0.2) is 0 Å². The lowest BCUT2D eigenvalue weighted by Crippen LogP contribution is -2.16. The van der Waals surface area contributed by atoms with Crippen LogP contribution in [0, 0.1) is 0 Å². The maximum Gasteiger partial charge on any atom is 0.264 e. The fraction of sp³-hybridized carbons (Fsp3) is 0.105. The lowest BCUT2D eigenvalue weighted by molar-refractivity contribution is -0.113. The first-order chi connectivity index (χ1) is 13.9. The average Bonchev–Trinajstić information content (AvgIpc) is 2.69. The molecule has 150 valence electrons. The molecule has 0 aliphatic carbocycles.